The van der Waals surface area contributed by atoms with Crippen molar-refractivity contribution in [2.45, 2.75) is 11.4 Å². The maximum Gasteiger partial charge on any atom is 0.256 e. The van der Waals surface area contributed by atoms with Crippen LogP contribution in [0.5, 0.6) is 0 Å². The second-order valence-corrected chi connectivity index (χ2v) is 8.25. The molecule has 8 nitrogen and oxygen atoms in total. The van der Waals surface area contributed by atoms with E-state index in [1.807, 2.05) is 0 Å². The molecule has 0 spiro atoms. The molecule has 152 valence electrons. The minimum Gasteiger partial charge on any atom is -0.468 e. The number of para-hydroxylation sites is 1. The number of hydrogen-bond donors (Lipinski definition) is 3. The summed E-state index contributed by atoms with van der Waals surface area (Å²) < 4.78 is 32.7. The zero-order valence-corrected chi connectivity index (χ0v) is 16.4. The molecule has 0 aliphatic rings. The summed E-state index contributed by atoms with van der Waals surface area (Å²) >= 11 is 0. The van der Waals surface area contributed by atoms with Crippen molar-refractivity contribution >= 4 is 32.5 Å². The summed E-state index contributed by atoms with van der Waals surface area (Å²) in [7, 11) is -3.82. The van der Waals surface area contributed by atoms with Gasteiger partial charge < -0.3 is 14.7 Å². The van der Waals surface area contributed by atoms with Crippen LogP contribution in [0.25, 0.3) is 10.9 Å². The van der Waals surface area contributed by atoms with E-state index >= 15 is 0 Å². The predicted octanol–water partition coefficient (Wildman–Crippen LogP) is 2.85. The third-order valence-electron chi connectivity index (χ3n) is 4.41. The van der Waals surface area contributed by atoms with Gasteiger partial charge in [-0.05, 0) is 36.4 Å². The Bertz CT molecular complexity index is 1380. The highest BCUT2D eigenvalue weighted by molar-refractivity contribution is 7.89. The highest BCUT2D eigenvalue weighted by Crippen LogP contribution is 2.19. The number of benzene rings is 2. The van der Waals surface area contributed by atoms with Crippen molar-refractivity contribution in [3.05, 3.63) is 94.7 Å². The van der Waals surface area contributed by atoms with Crippen LogP contribution in [0.15, 0.2) is 87.1 Å². The first-order valence-corrected chi connectivity index (χ1v) is 10.5. The molecule has 0 saturated carbocycles. The van der Waals surface area contributed by atoms with Crippen LogP contribution in [0.4, 0.5) is 5.69 Å². The number of sulfonamides is 1. The van der Waals surface area contributed by atoms with Gasteiger partial charge in [-0.1, -0.05) is 24.3 Å². The van der Waals surface area contributed by atoms with E-state index < -0.39 is 21.5 Å². The van der Waals surface area contributed by atoms with Crippen LogP contribution in [-0.2, 0) is 16.6 Å². The monoisotopic (exact) mass is 423 g/mol. The molecule has 0 saturated heterocycles. The molecule has 0 aliphatic carbocycles. The molecule has 30 heavy (non-hydrogen) atoms. The Labute approximate surface area is 171 Å². The maximum absolute atomic E-state index is 12.8. The predicted molar refractivity (Wildman–Crippen MR) is 112 cm³/mol. The third-order valence-corrected chi connectivity index (χ3v) is 5.81. The van der Waals surface area contributed by atoms with Crippen LogP contribution in [0.3, 0.4) is 0 Å². The standard InChI is InChI=1S/C21H17N3O5S/c25-20-12-18(17-8-1-2-9-19(17)24-20)21(26)23-14-5-3-7-16(11-14)30(27,28)22-13-15-6-4-10-29-15/h1-12,22H,13H2,(H,23,26)(H,24,25). The van der Waals surface area contributed by atoms with E-state index in [2.05, 4.69) is 15.0 Å². The minimum atomic E-state index is -3.82. The molecule has 2 aromatic carbocycles. The Balaban J connectivity index is 1.58. The van der Waals surface area contributed by atoms with Gasteiger partial charge in [-0.3, -0.25) is 9.59 Å². The van der Waals surface area contributed by atoms with E-state index in [4.69, 9.17) is 4.42 Å². The number of fused-ring (bicyclic) bond motifs is 1. The summed E-state index contributed by atoms with van der Waals surface area (Å²) in [4.78, 5) is 27.3. The average Bonchev–Trinajstić information content (AvgIpc) is 3.26. The molecular formula is C21H17N3O5S. The number of aromatic nitrogens is 1. The fraction of sp³-hybridized carbons (Fsp3) is 0.0476. The molecule has 0 bridgehead atoms. The van der Waals surface area contributed by atoms with Gasteiger partial charge in [-0.15, -0.1) is 0 Å². The number of anilines is 1. The summed E-state index contributed by atoms with van der Waals surface area (Å²) in [5.41, 5.74) is 0.606. The van der Waals surface area contributed by atoms with Gasteiger partial charge in [0.2, 0.25) is 15.6 Å². The van der Waals surface area contributed by atoms with Crippen LogP contribution in [0.1, 0.15) is 16.1 Å². The fourth-order valence-corrected chi connectivity index (χ4v) is 4.03. The van der Waals surface area contributed by atoms with Crippen molar-refractivity contribution in [1.29, 1.82) is 0 Å². The Morgan fingerprint density at radius 1 is 1.00 bits per heavy atom. The smallest absolute Gasteiger partial charge is 0.256 e. The first kappa shape index (κ1) is 19.6. The number of furan rings is 1. The molecule has 2 heterocycles. The van der Waals surface area contributed by atoms with Crippen molar-refractivity contribution < 1.29 is 17.6 Å². The Morgan fingerprint density at radius 3 is 2.63 bits per heavy atom. The number of hydrogen-bond acceptors (Lipinski definition) is 5. The number of amides is 1. The van der Waals surface area contributed by atoms with Crippen LogP contribution < -0.4 is 15.6 Å². The molecule has 4 aromatic rings. The molecule has 1 amide bonds. The lowest BCUT2D eigenvalue weighted by Crippen LogP contribution is -2.23. The van der Waals surface area contributed by atoms with Gasteiger partial charge in [0.15, 0.2) is 0 Å². The van der Waals surface area contributed by atoms with Gasteiger partial charge in [0.05, 0.1) is 23.3 Å². The Morgan fingerprint density at radius 2 is 1.83 bits per heavy atom. The average molecular weight is 423 g/mol. The molecule has 2 aromatic heterocycles. The normalized spacial score (nSPS) is 11.5. The number of carbonyl (C=O) groups is 1. The summed E-state index contributed by atoms with van der Waals surface area (Å²) in [6.45, 7) is 0.00466. The second kappa shape index (κ2) is 7.97. The first-order valence-electron chi connectivity index (χ1n) is 8.98. The SMILES string of the molecule is O=C(Nc1cccc(S(=O)(=O)NCc2ccco2)c1)c1cc(=O)[nH]c2ccccc12. The zero-order valence-electron chi connectivity index (χ0n) is 15.6. The highest BCUT2D eigenvalue weighted by Gasteiger charge is 2.17. The maximum atomic E-state index is 12.8. The number of pyridine rings is 1. The van der Waals surface area contributed by atoms with Crippen molar-refractivity contribution in [3.8, 4) is 0 Å². The number of rotatable bonds is 6. The van der Waals surface area contributed by atoms with Crippen LogP contribution in [0, 0.1) is 0 Å². The molecule has 0 fully saturated rings. The summed E-state index contributed by atoms with van der Waals surface area (Å²) in [6, 6.07) is 17.3. The highest BCUT2D eigenvalue weighted by atomic mass is 32.2. The van der Waals surface area contributed by atoms with Crippen molar-refractivity contribution in [2.75, 3.05) is 5.32 Å². The summed E-state index contributed by atoms with van der Waals surface area (Å²) in [6.07, 6.45) is 1.46. The lowest BCUT2D eigenvalue weighted by Gasteiger charge is -2.10. The van der Waals surface area contributed by atoms with Crippen molar-refractivity contribution in [3.63, 3.8) is 0 Å². The molecular weight excluding hydrogens is 406 g/mol. The van der Waals surface area contributed by atoms with Crippen molar-refractivity contribution in [2.24, 2.45) is 0 Å². The number of carbonyl (C=O) groups excluding carboxylic acids is 1. The van der Waals surface area contributed by atoms with Gasteiger partial charge in [0.25, 0.3) is 5.91 Å². The minimum absolute atomic E-state index is 0.00466. The largest absolute Gasteiger partial charge is 0.468 e. The second-order valence-electron chi connectivity index (χ2n) is 6.48. The van der Waals surface area contributed by atoms with Gasteiger partial charge in [-0.2, -0.15) is 0 Å². The number of nitrogens with one attached hydrogen (secondary N) is 3. The van der Waals surface area contributed by atoms with Gasteiger partial charge >= 0.3 is 0 Å². The van der Waals surface area contributed by atoms with E-state index in [9.17, 15) is 18.0 Å². The quantitative estimate of drug-likeness (QED) is 0.440. The Hall–Kier alpha value is -3.69. The van der Waals surface area contributed by atoms with E-state index in [-0.39, 0.29) is 22.7 Å². The molecule has 0 unspecified atom stereocenters. The van der Waals surface area contributed by atoms with E-state index in [1.165, 1.54) is 30.5 Å². The molecule has 9 heteroatoms. The number of aromatic amines is 1. The summed E-state index contributed by atoms with van der Waals surface area (Å²) in [5, 5.41) is 3.24. The van der Waals surface area contributed by atoms with Gasteiger partial charge in [-0.25, -0.2) is 13.1 Å². The topological polar surface area (TPSA) is 121 Å². The van der Waals surface area contributed by atoms with Gasteiger partial charge in [0, 0.05) is 22.7 Å². The van der Waals surface area contributed by atoms with Crippen molar-refractivity contribution in [1.82, 2.24) is 9.71 Å². The zero-order chi connectivity index (χ0) is 21.1. The molecule has 4 rings (SSSR count). The van der Waals surface area contributed by atoms with Crippen LogP contribution in [-0.4, -0.2) is 19.3 Å². The fourth-order valence-electron chi connectivity index (χ4n) is 2.99. The van der Waals surface area contributed by atoms with Crippen LogP contribution >= 0.6 is 0 Å². The lowest BCUT2D eigenvalue weighted by atomic mass is 10.1. The van der Waals surface area contributed by atoms with E-state index in [0.717, 1.165) is 0 Å². The van der Waals surface area contributed by atoms with Gasteiger partial charge in [0.1, 0.15) is 5.76 Å². The van der Waals surface area contributed by atoms with E-state index in [0.29, 0.717) is 16.7 Å². The van der Waals surface area contributed by atoms with E-state index in [1.54, 1.807) is 42.5 Å². The van der Waals surface area contributed by atoms with Crippen LogP contribution in [0.2, 0.25) is 0 Å². The number of H-pyrrole nitrogens is 1. The molecule has 0 atom stereocenters. The molecule has 0 aliphatic heterocycles. The Kier molecular flexibility index (Phi) is 5.21. The molecule has 3 N–H and O–H groups in total. The lowest BCUT2D eigenvalue weighted by molar-refractivity contribution is 0.102. The first-order chi connectivity index (χ1) is 14.4. The summed E-state index contributed by atoms with van der Waals surface area (Å²) in [5.74, 6) is -0.0420. The third kappa shape index (κ3) is 4.17. The molecule has 0 radical (unpaired) electrons.